The van der Waals surface area contributed by atoms with Gasteiger partial charge in [-0.2, -0.15) is 0 Å². The minimum atomic E-state index is -3.44. The Hall–Kier alpha value is 0.530. The summed E-state index contributed by atoms with van der Waals surface area (Å²) in [6, 6.07) is 1.63. The summed E-state index contributed by atoms with van der Waals surface area (Å²) >= 11 is 7.95. The molecule has 4 nitrogen and oxygen atoms in total. The molecule has 108 valence electrons. The van der Waals surface area contributed by atoms with E-state index in [1.54, 1.807) is 6.07 Å². The van der Waals surface area contributed by atoms with Gasteiger partial charge in [0.25, 0.3) is 0 Å². The van der Waals surface area contributed by atoms with Gasteiger partial charge in [0.1, 0.15) is 4.90 Å². The van der Waals surface area contributed by atoms with Crippen molar-refractivity contribution in [3.05, 3.63) is 13.6 Å². The molecule has 1 aliphatic rings. The maximum Gasteiger partial charge on any atom is 0.242 e. The number of rotatable bonds is 4. The van der Waals surface area contributed by atoms with Gasteiger partial charge in [0.15, 0.2) is 0 Å². The van der Waals surface area contributed by atoms with Gasteiger partial charge in [0.05, 0.1) is 7.57 Å². The van der Waals surface area contributed by atoms with Crippen molar-refractivity contribution in [1.82, 2.24) is 10.0 Å². The molecule has 2 N–H and O–H groups in total. The van der Waals surface area contributed by atoms with Crippen LogP contribution in [-0.4, -0.2) is 28.1 Å². The first-order valence-electron chi connectivity index (χ1n) is 5.98. The molecular formula is C11H16Br2N2O2S2. The zero-order chi connectivity index (χ0) is 14.1. The Labute approximate surface area is 134 Å². The highest BCUT2D eigenvalue weighted by Crippen LogP contribution is 2.35. The highest BCUT2D eigenvalue weighted by atomic mass is 79.9. The van der Waals surface area contributed by atoms with Crippen LogP contribution in [0, 0.1) is 5.41 Å². The Bertz CT molecular complexity index is 551. The average Bonchev–Trinajstić information content (AvgIpc) is 2.68. The number of thiophene rings is 1. The summed E-state index contributed by atoms with van der Waals surface area (Å²) in [6.07, 6.45) is 1.98. The first-order chi connectivity index (χ1) is 8.82. The molecule has 0 atom stereocenters. The van der Waals surface area contributed by atoms with E-state index in [9.17, 15) is 8.42 Å². The van der Waals surface area contributed by atoms with Crippen LogP contribution >= 0.6 is 43.2 Å². The lowest BCUT2D eigenvalue weighted by Crippen LogP contribution is -2.42. The fourth-order valence-electron chi connectivity index (χ4n) is 2.06. The number of hydrogen-bond donors (Lipinski definition) is 2. The van der Waals surface area contributed by atoms with Crippen LogP contribution in [0.25, 0.3) is 0 Å². The molecule has 0 bridgehead atoms. The Balaban J connectivity index is 2.07. The number of halogens is 2. The first-order valence-corrected chi connectivity index (χ1v) is 9.86. The molecule has 1 aliphatic heterocycles. The molecule has 1 saturated heterocycles. The predicted octanol–water partition coefficient (Wildman–Crippen LogP) is 2.94. The van der Waals surface area contributed by atoms with E-state index in [2.05, 4.69) is 48.8 Å². The second-order valence-electron chi connectivity index (χ2n) is 5.07. The molecule has 1 fully saturated rings. The molecule has 0 amide bonds. The largest absolute Gasteiger partial charge is 0.317 e. The monoisotopic (exact) mass is 430 g/mol. The predicted molar refractivity (Wildman–Crippen MR) is 85.1 cm³/mol. The van der Waals surface area contributed by atoms with Gasteiger partial charge in [0.2, 0.25) is 10.0 Å². The Morgan fingerprint density at radius 3 is 2.58 bits per heavy atom. The van der Waals surface area contributed by atoms with Crippen molar-refractivity contribution in [1.29, 1.82) is 0 Å². The molecule has 0 saturated carbocycles. The molecule has 0 radical (unpaired) electrons. The maximum atomic E-state index is 12.3. The molecule has 2 heterocycles. The number of piperidine rings is 1. The fraction of sp³-hybridized carbons (Fsp3) is 0.636. The highest BCUT2D eigenvalue weighted by Gasteiger charge is 2.29. The smallest absolute Gasteiger partial charge is 0.242 e. The molecule has 8 heteroatoms. The normalized spacial score (nSPS) is 19.5. The van der Waals surface area contributed by atoms with E-state index in [-0.39, 0.29) is 5.41 Å². The summed E-state index contributed by atoms with van der Waals surface area (Å²) < 4.78 is 28.7. The average molecular weight is 432 g/mol. The number of sulfonamides is 1. The van der Waals surface area contributed by atoms with Crippen molar-refractivity contribution in [2.75, 3.05) is 19.6 Å². The van der Waals surface area contributed by atoms with Crippen LogP contribution in [0.3, 0.4) is 0 Å². The molecule has 0 unspecified atom stereocenters. The molecule has 1 aromatic rings. The van der Waals surface area contributed by atoms with Gasteiger partial charge in [-0.1, -0.05) is 6.92 Å². The summed E-state index contributed by atoms with van der Waals surface area (Å²) in [5.74, 6) is 0. The van der Waals surface area contributed by atoms with Crippen LogP contribution in [-0.2, 0) is 10.0 Å². The summed E-state index contributed by atoms with van der Waals surface area (Å²) in [6.45, 7) is 4.52. The van der Waals surface area contributed by atoms with Gasteiger partial charge in [-0.3, -0.25) is 0 Å². The minimum absolute atomic E-state index is 0.0397. The van der Waals surface area contributed by atoms with Crippen molar-refractivity contribution in [3.63, 3.8) is 0 Å². The standard InChI is InChI=1S/C11H16Br2N2O2S2/c1-11(2-4-14-5-3-11)7-15-19(16,17)8-6-9(12)18-10(8)13/h6,14-15H,2-5,7H2,1H3. The molecule has 0 aromatic carbocycles. The van der Waals surface area contributed by atoms with Crippen molar-refractivity contribution in [2.45, 2.75) is 24.7 Å². The third kappa shape index (κ3) is 4.01. The third-order valence-electron chi connectivity index (χ3n) is 3.41. The lowest BCUT2D eigenvalue weighted by Gasteiger charge is -2.34. The summed E-state index contributed by atoms with van der Waals surface area (Å²) in [7, 11) is -3.44. The van der Waals surface area contributed by atoms with Gasteiger partial charge < -0.3 is 5.32 Å². The second kappa shape index (κ2) is 6.11. The van der Waals surface area contributed by atoms with Crippen LogP contribution in [0.15, 0.2) is 18.5 Å². The molecule has 19 heavy (non-hydrogen) atoms. The van der Waals surface area contributed by atoms with Gasteiger partial charge in [0, 0.05) is 6.54 Å². The van der Waals surface area contributed by atoms with Crippen LogP contribution in [0.4, 0.5) is 0 Å². The van der Waals surface area contributed by atoms with Crippen LogP contribution in [0.1, 0.15) is 19.8 Å². The zero-order valence-corrected chi connectivity index (χ0v) is 15.3. The quantitative estimate of drug-likeness (QED) is 0.770. The highest BCUT2D eigenvalue weighted by molar-refractivity contribution is 9.12. The van der Waals surface area contributed by atoms with Gasteiger partial charge in [-0.15, -0.1) is 11.3 Å². The SMILES string of the molecule is CC1(CNS(=O)(=O)c2cc(Br)sc2Br)CCNCC1. The minimum Gasteiger partial charge on any atom is -0.317 e. The Morgan fingerprint density at radius 2 is 2.05 bits per heavy atom. The number of hydrogen-bond acceptors (Lipinski definition) is 4. The van der Waals surface area contributed by atoms with E-state index in [1.165, 1.54) is 11.3 Å². The Kier molecular flexibility index (Phi) is 5.12. The van der Waals surface area contributed by atoms with Gasteiger partial charge >= 0.3 is 0 Å². The van der Waals surface area contributed by atoms with Crippen molar-refractivity contribution in [3.8, 4) is 0 Å². The van der Waals surface area contributed by atoms with Crippen molar-refractivity contribution < 1.29 is 8.42 Å². The summed E-state index contributed by atoms with van der Waals surface area (Å²) in [5.41, 5.74) is 0.0397. The van der Waals surface area contributed by atoms with Crippen molar-refractivity contribution >= 4 is 53.2 Å². The van der Waals surface area contributed by atoms with Gasteiger partial charge in [-0.25, -0.2) is 13.1 Å². The van der Waals surface area contributed by atoms with Crippen LogP contribution in [0.2, 0.25) is 0 Å². The van der Waals surface area contributed by atoms with E-state index in [1.807, 2.05) is 0 Å². The van der Waals surface area contributed by atoms with E-state index in [4.69, 9.17) is 0 Å². The van der Waals surface area contributed by atoms with Crippen LogP contribution < -0.4 is 10.0 Å². The molecular weight excluding hydrogens is 416 g/mol. The molecule has 1 aromatic heterocycles. The summed E-state index contributed by atoms with van der Waals surface area (Å²) in [5, 5.41) is 3.29. The van der Waals surface area contributed by atoms with Crippen molar-refractivity contribution in [2.24, 2.45) is 5.41 Å². The Morgan fingerprint density at radius 1 is 1.42 bits per heavy atom. The van der Waals surface area contributed by atoms with Crippen LogP contribution in [0.5, 0.6) is 0 Å². The molecule has 2 rings (SSSR count). The van der Waals surface area contributed by atoms with E-state index >= 15 is 0 Å². The van der Waals surface area contributed by atoms with Gasteiger partial charge in [-0.05, 0) is 69.3 Å². The van der Waals surface area contributed by atoms with E-state index < -0.39 is 10.0 Å². The zero-order valence-electron chi connectivity index (χ0n) is 10.5. The second-order valence-corrected chi connectivity index (χ2v) is 10.6. The van der Waals surface area contributed by atoms with E-state index in [0.717, 1.165) is 29.7 Å². The number of nitrogens with one attached hydrogen (secondary N) is 2. The molecule has 0 spiro atoms. The fourth-order valence-corrected chi connectivity index (χ4v) is 7.07. The lowest BCUT2D eigenvalue weighted by atomic mass is 9.81. The van der Waals surface area contributed by atoms with E-state index in [0.29, 0.717) is 15.2 Å². The maximum absolute atomic E-state index is 12.3. The lowest BCUT2D eigenvalue weighted by molar-refractivity contribution is 0.232. The molecule has 0 aliphatic carbocycles. The topological polar surface area (TPSA) is 58.2 Å². The first kappa shape index (κ1) is 15.9. The third-order valence-corrected chi connectivity index (χ3v) is 7.57. The summed E-state index contributed by atoms with van der Waals surface area (Å²) in [4.78, 5) is 0.307.